The number of quaternary nitrogens is 4. The van der Waals surface area contributed by atoms with Gasteiger partial charge in [-0.25, -0.2) is 0 Å². The Labute approximate surface area is 252 Å². The van der Waals surface area contributed by atoms with Crippen LogP contribution in [0.5, 0.6) is 11.5 Å². The van der Waals surface area contributed by atoms with Gasteiger partial charge in [0.25, 0.3) is 0 Å². The van der Waals surface area contributed by atoms with E-state index < -0.39 is 0 Å². The molecule has 0 aliphatic rings. The summed E-state index contributed by atoms with van der Waals surface area (Å²) in [5.74, 6) is 4.54. The molecule has 0 radical (unpaired) electrons. The summed E-state index contributed by atoms with van der Waals surface area (Å²) in [6, 6.07) is 16.7. The van der Waals surface area contributed by atoms with Gasteiger partial charge in [-0.05, 0) is 75.6 Å². The maximum absolute atomic E-state index is 5.43. The average Bonchev–Trinajstić information content (AvgIpc) is 2.99. The summed E-state index contributed by atoms with van der Waals surface area (Å²) < 4.78 is 10.9. The second-order valence-electron chi connectivity index (χ2n) is 10.4. The van der Waals surface area contributed by atoms with Gasteiger partial charge in [0, 0.05) is 11.1 Å². The summed E-state index contributed by atoms with van der Waals surface area (Å²) in [7, 11) is 7.61. The van der Waals surface area contributed by atoms with Crippen LogP contribution in [0.25, 0.3) is 0 Å². The summed E-state index contributed by atoms with van der Waals surface area (Å²) >= 11 is 0. The van der Waals surface area contributed by atoms with Crippen LogP contribution in [0.4, 0.5) is 0 Å². The molecule has 6 nitrogen and oxygen atoms in total. The normalized spacial score (nSPS) is 11.2. The highest BCUT2D eigenvalue weighted by Gasteiger charge is 2.04. The largest absolute Gasteiger partial charge is 0.496 e. The van der Waals surface area contributed by atoms with Crippen LogP contribution >= 0.6 is 21.6 Å². The summed E-state index contributed by atoms with van der Waals surface area (Å²) in [6.07, 6.45) is 10.7. The highest BCUT2D eigenvalue weighted by Crippen LogP contribution is 2.18. The van der Waals surface area contributed by atoms with Crippen LogP contribution < -0.4 is 30.7 Å². The molecule has 8 heteroatoms. The van der Waals surface area contributed by atoms with Gasteiger partial charge in [0.1, 0.15) is 24.6 Å². The molecule has 0 aromatic heterocycles. The van der Waals surface area contributed by atoms with Crippen LogP contribution in [0.3, 0.4) is 0 Å². The molecular weight excluding hydrogens is 537 g/mol. The molecule has 2 aromatic rings. The average molecular weight is 595 g/mol. The van der Waals surface area contributed by atoms with E-state index in [2.05, 4.69) is 67.1 Å². The lowest BCUT2D eigenvalue weighted by atomic mass is 10.1. The zero-order valence-electron chi connectivity index (χ0n) is 25.3. The Morgan fingerprint density at radius 2 is 0.850 bits per heavy atom. The predicted molar refractivity (Wildman–Crippen MR) is 172 cm³/mol. The lowest BCUT2D eigenvalue weighted by Crippen LogP contribution is -2.85. The molecule has 226 valence electrons. The van der Waals surface area contributed by atoms with Crippen LogP contribution in [0, 0.1) is 0 Å². The number of benzene rings is 2. The van der Waals surface area contributed by atoms with E-state index in [0.717, 1.165) is 24.6 Å². The number of ether oxygens (including phenoxy) is 2. The van der Waals surface area contributed by atoms with Crippen molar-refractivity contribution in [2.24, 2.45) is 0 Å². The molecule has 0 fully saturated rings. The van der Waals surface area contributed by atoms with Crippen LogP contribution in [-0.4, -0.2) is 65.0 Å². The Morgan fingerprint density at radius 1 is 0.475 bits per heavy atom. The number of para-hydroxylation sites is 2. The van der Waals surface area contributed by atoms with Gasteiger partial charge in [-0.15, -0.1) is 0 Å². The summed E-state index contributed by atoms with van der Waals surface area (Å²) in [4.78, 5) is 0. The molecule has 0 heterocycles. The molecule has 2 rings (SSSR count). The van der Waals surface area contributed by atoms with Crippen molar-refractivity contribution in [3.8, 4) is 11.5 Å². The third kappa shape index (κ3) is 17.4. The van der Waals surface area contributed by atoms with Crippen LogP contribution in [0.2, 0.25) is 0 Å². The van der Waals surface area contributed by atoms with Crippen LogP contribution in [0.15, 0.2) is 48.5 Å². The Kier molecular flexibility index (Phi) is 22.0. The Balaban J connectivity index is 1.22. The van der Waals surface area contributed by atoms with E-state index in [1.165, 1.54) is 113 Å². The lowest BCUT2D eigenvalue weighted by Gasteiger charge is -2.07. The first-order valence-corrected chi connectivity index (χ1v) is 18.1. The zero-order chi connectivity index (χ0) is 28.4. The number of rotatable bonds is 27. The van der Waals surface area contributed by atoms with E-state index in [9.17, 15) is 0 Å². The second kappa shape index (κ2) is 25.3. The quantitative estimate of drug-likeness (QED) is 0.0944. The van der Waals surface area contributed by atoms with Crippen LogP contribution in [-0.2, 0) is 13.1 Å². The number of nitrogens with two attached hydrogens (primary N) is 4. The molecule has 2 aromatic carbocycles. The molecule has 40 heavy (non-hydrogen) atoms. The zero-order valence-corrected chi connectivity index (χ0v) is 26.9. The van der Waals surface area contributed by atoms with Crippen molar-refractivity contribution in [1.29, 1.82) is 0 Å². The molecule has 0 aliphatic heterocycles. The molecule has 0 saturated heterocycles. The van der Waals surface area contributed by atoms with Gasteiger partial charge in [-0.1, -0.05) is 45.9 Å². The number of hydrogen-bond acceptors (Lipinski definition) is 4. The lowest BCUT2D eigenvalue weighted by molar-refractivity contribution is -0.671. The van der Waals surface area contributed by atoms with Gasteiger partial charge in [-0.3, -0.25) is 0 Å². The minimum absolute atomic E-state index is 1.01. The third-order valence-corrected chi connectivity index (χ3v) is 9.61. The van der Waals surface area contributed by atoms with E-state index in [1.54, 1.807) is 14.2 Å². The molecule has 0 spiro atoms. The summed E-state index contributed by atoms with van der Waals surface area (Å²) in [5, 5.41) is 9.82. The van der Waals surface area contributed by atoms with Crippen molar-refractivity contribution in [1.82, 2.24) is 0 Å². The standard InChI is InChI=1S/C32H54N4O2S2/c1-37-31-17-9-7-15-29(31)27-35-21-13-5-3-11-19-33-23-25-39-40-26-24-34-20-12-4-6-14-22-36-28-30-16-8-10-18-32(30)38-2/h7-10,15-18,33-36H,3-6,11-14,19-28H2,1-2H3/p+4. The fourth-order valence-electron chi connectivity index (χ4n) is 4.79. The maximum atomic E-state index is 5.43. The van der Waals surface area contributed by atoms with Crippen molar-refractivity contribution in [2.75, 3.05) is 65.0 Å². The highest BCUT2D eigenvalue weighted by molar-refractivity contribution is 8.76. The highest BCUT2D eigenvalue weighted by atomic mass is 33.1. The molecule has 0 amide bonds. The van der Waals surface area contributed by atoms with Crippen molar-refractivity contribution < 1.29 is 30.7 Å². The second-order valence-corrected chi connectivity index (χ2v) is 13.1. The van der Waals surface area contributed by atoms with Crippen LogP contribution in [0.1, 0.15) is 62.5 Å². The molecule has 0 saturated carbocycles. The minimum Gasteiger partial charge on any atom is -0.496 e. The summed E-state index contributed by atoms with van der Waals surface area (Å²) in [6.45, 7) is 9.51. The first-order valence-electron chi connectivity index (χ1n) is 15.6. The molecular formula is C32H58N4O2S2+4. The number of hydrogen-bond donors (Lipinski definition) is 4. The van der Waals surface area contributed by atoms with E-state index in [0.29, 0.717) is 0 Å². The fourth-order valence-corrected chi connectivity index (χ4v) is 6.84. The van der Waals surface area contributed by atoms with Crippen molar-refractivity contribution in [2.45, 2.75) is 64.5 Å². The molecule has 0 aliphatic carbocycles. The molecule has 8 N–H and O–H groups in total. The monoisotopic (exact) mass is 594 g/mol. The maximum Gasteiger partial charge on any atom is 0.127 e. The van der Waals surface area contributed by atoms with E-state index in [-0.39, 0.29) is 0 Å². The Bertz CT molecular complexity index is 790. The van der Waals surface area contributed by atoms with Gasteiger partial charge in [-0.2, -0.15) is 0 Å². The molecule has 0 unspecified atom stereocenters. The summed E-state index contributed by atoms with van der Waals surface area (Å²) in [5.41, 5.74) is 2.59. The predicted octanol–water partition coefficient (Wildman–Crippen LogP) is 2.16. The molecule has 0 atom stereocenters. The van der Waals surface area contributed by atoms with Gasteiger partial charge < -0.3 is 30.7 Å². The van der Waals surface area contributed by atoms with Gasteiger partial charge in [0.05, 0.1) is 65.0 Å². The Morgan fingerprint density at radius 3 is 1.25 bits per heavy atom. The number of unbranched alkanes of at least 4 members (excludes halogenated alkanes) is 6. The number of methoxy groups -OCH3 is 2. The first kappa shape index (κ1) is 34.8. The first-order chi connectivity index (χ1) is 19.8. The van der Waals surface area contributed by atoms with Crippen molar-refractivity contribution in [3.63, 3.8) is 0 Å². The van der Waals surface area contributed by atoms with Gasteiger partial charge in [0.15, 0.2) is 0 Å². The third-order valence-electron chi connectivity index (χ3n) is 7.14. The van der Waals surface area contributed by atoms with E-state index >= 15 is 0 Å². The van der Waals surface area contributed by atoms with Crippen molar-refractivity contribution in [3.05, 3.63) is 59.7 Å². The van der Waals surface area contributed by atoms with E-state index in [4.69, 9.17) is 9.47 Å². The van der Waals surface area contributed by atoms with E-state index in [1.807, 2.05) is 24.3 Å². The Hall–Kier alpha value is -1.42. The van der Waals surface area contributed by atoms with Gasteiger partial charge >= 0.3 is 0 Å². The smallest absolute Gasteiger partial charge is 0.127 e. The molecule has 0 bridgehead atoms. The SMILES string of the molecule is COc1ccccc1C[NH2+]CCCCCC[NH2+]CCSSCC[NH2+]CCCCCC[NH2+]Cc1ccccc1OC. The topological polar surface area (TPSA) is 84.9 Å². The van der Waals surface area contributed by atoms with Crippen molar-refractivity contribution >= 4 is 21.6 Å². The fraction of sp³-hybridized carbons (Fsp3) is 0.625. The minimum atomic E-state index is 1.01. The van der Waals surface area contributed by atoms with Gasteiger partial charge in [0.2, 0.25) is 0 Å².